The Bertz CT molecular complexity index is 495. The van der Waals surface area contributed by atoms with Crippen LogP contribution < -0.4 is 16.0 Å². The molecule has 1 amide bonds. The topological polar surface area (TPSA) is 80.5 Å². The summed E-state index contributed by atoms with van der Waals surface area (Å²) in [5.74, 6) is 1.02. The molecule has 3 N–H and O–H groups in total. The zero-order chi connectivity index (χ0) is 15.9. The third-order valence-corrected chi connectivity index (χ3v) is 4.17. The summed E-state index contributed by atoms with van der Waals surface area (Å²) in [6, 6.07) is 3.48. The third kappa shape index (κ3) is 5.64. The lowest BCUT2D eigenvalue weighted by molar-refractivity contribution is -0.123. The van der Waals surface area contributed by atoms with Gasteiger partial charge < -0.3 is 20.7 Å². The molecule has 1 saturated heterocycles. The Morgan fingerprint density at radius 3 is 2.83 bits per heavy atom. The van der Waals surface area contributed by atoms with Gasteiger partial charge in [-0.3, -0.25) is 4.79 Å². The van der Waals surface area contributed by atoms with Gasteiger partial charge in [-0.2, -0.15) is 0 Å². The molecule has 130 valence electrons. The summed E-state index contributed by atoms with van der Waals surface area (Å²) in [6.07, 6.45) is 2.67. The minimum atomic E-state index is -0.453. The minimum Gasteiger partial charge on any atom is -0.378 e. The van der Waals surface area contributed by atoms with Crippen molar-refractivity contribution >= 4 is 24.1 Å². The Kier molecular flexibility index (Phi) is 8.30. The molecule has 6 nitrogen and oxygen atoms in total. The van der Waals surface area contributed by atoms with Gasteiger partial charge in [0, 0.05) is 25.8 Å². The van der Waals surface area contributed by atoms with E-state index in [4.69, 9.17) is 10.5 Å². The van der Waals surface area contributed by atoms with Crippen LogP contribution in [0.5, 0.6) is 0 Å². The van der Waals surface area contributed by atoms with Crippen LogP contribution in [-0.2, 0) is 16.1 Å². The smallest absolute Gasteiger partial charge is 0.237 e. The molecule has 7 heteroatoms. The van der Waals surface area contributed by atoms with Crippen molar-refractivity contribution in [2.24, 2.45) is 11.7 Å². The number of nitrogens with zero attached hydrogens (tertiary/aromatic N) is 2. The minimum absolute atomic E-state index is 0. The predicted octanol–water partition coefficient (Wildman–Crippen LogP) is 1.33. The number of nitrogens with two attached hydrogens (primary N) is 1. The molecule has 2 rings (SSSR count). The first kappa shape index (κ1) is 19.7. The Hall–Kier alpha value is -1.37. The Balaban J connectivity index is 0.00000264. The second-order valence-electron chi connectivity index (χ2n) is 5.75. The van der Waals surface area contributed by atoms with E-state index >= 15 is 0 Å². The summed E-state index contributed by atoms with van der Waals surface area (Å²) in [6.45, 7) is 7.66. The Morgan fingerprint density at radius 1 is 1.48 bits per heavy atom. The van der Waals surface area contributed by atoms with Gasteiger partial charge >= 0.3 is 0 Å². The largest absolute Gasteiger partial charge is 0.378 e. The fourth-order valence-corrected chi connectivity index (χ4v) is 2.36. The average molecular weight is 343 g/mol. The monoisotopic (exact) mass is 342 g/mol. The van der Waals surface area contributed by atoms with E-state index in [1.807, 2.05) is 26.0 Å². The normalized spacial score (nSPS) is 17.1. The summed E-state index contributed by atoms with van der Waals surface area (Å²) in [4.78, 5) is 18.6. The highest BCUT2D eigenvalue weighted by Gasteiger charge is 2.19. The molecule has 1 aromatic rings. The molecule has 2 unspecified atom stereocenters. The molecule has 0 spiro atoms. The van der Waals surface area contributed by atoms with Crippen LogP contribution in [0.15, 0.2) is 18.3 Å². The maximum absolute atomic E-state index is 12.0. The standard InChI is InChI=1S/C16H26N4O2.ClH/c1-3-12(2)15(17)16(21)19-11-13-4-5-18-14(10-13)20-6-8-22-9-7-20;/h4-5,10,12,15H,3,6-9,11,17H2,1-2H3,(H,19,21);1H. The van der Waals surface area contributed by atoms with E-state index in [1.165, 1.54) is 0 Å². The zero-order valence-electron chi connectivity index (χ0n) is 13.8. The molecule has 1 aliphatic rings. The maximum atomic E-state index is 12.0. The lowest BCUT2D eigenvalue weighted by Crippen LogP contribution is -2.44. The van der Waals surface area contributed by atoms with Gasteiger partial charge in [0.15, 0.2) is 0 Å². The highest BCUT2D eigenvalue weighted by Crippen LogP contribution is 2.14. The van der Waals surface area contributed by atoms with Gasteiger partial charge in [0.1, 0.15) is 5.82 Å². The van der Waals surface area contributed by atoms with E-state index in [0.717, 1.165) is 44.1 Å². The Labute approximate surface area is 144 Å². The molecule has 0 radical (unpaired) electrons. The number of carbonyl (C=O) groups excluding carboxylic acids is 1. The molecule has 1 aromatic heterocycles. The number of aromatic nitrogens is 1. The van der Waals surface area contributed by atoms with Gasteiger partial charge in [-0.05, 0) is 23.6 Å². The van der Waals surface area contributed by atoms with Crippen molar-refractivity contribution in [1.29, 1.82) is 0 Å². The first-order valence-corrected chi connectivity index (χ1v) is 7.92. The summed E-state index contributed by atoms with van der Waals surface area (Å²) in [5, 5.41) is 2.91. The fourth-order valence-electron chi connectivity index (χ4n) is 2.36. The zero-order valence-corrected chi connectivity index (χ0v) is 14.6. The molecule has 1 fully saturated rings. The van der Waals surface area contributed by atoms with Crippen LogP contribution in [0.3, 0.4) is 0 Å². The molecule has 0 aromatic carbocycles. The molecule has 0 aliphatic carbocycles. The van der Waals surface area contributed by atoms with Gasteiger partial charge in [0.05, 0.1) is 19.3 Å². The van der Waals surface area contributed by atoms with Gasteiger partial charge in [0.25, 0.3) is 0 Å². The van der Waals surface area contributed by atoms with Crippen molar-refractivity contribution in [1.82, 2.24) is 10.3 Å². The molecule has 0 bridgehead atoms. The maximum Gasteiger partial charge on any atom is 0.237 e. The summed E-state index contributed by atoms with van der Waals surface area (Å²) in [7, 11) is 0. The molecule has 23 heavy (non-hydrogen) atoms. The van der Waals surface area contributed by atoms with Crippen LogP contribution in [0.4, 0.5) is 5.82 Å². The van der Waals surface area contributed by atoms with Crippen LogP contribution in [-0.4, -0.2) is 43.2 Å². The van der Waals surface area contributed by atoms with Crippen molar-refractivity contribution in [2.75, 3.05) is 31.2 Å². The molecular weight excluding hydrogens is 316 g/mol. The lowest BCUT2D eigenvalue weighted by Gasteiger charge is -2.28. The predicted molar refractivity (Wildman–Crippen MR) is 93.8 cm³/mol. The summed E-state index contributed by atoms with van der Waals surface area (Å²) >= 11 is 0. The number of hydrogen-bond donors (Lipinski definition) is 2. The fraction of sp³-hybridized carbons (Fsp3) is 0.625. The van der Waals surface area contributed by atoms with Crippen LogP contribution in [0.25, 0.3) is 0 Å². The SMILES string of the molecule is CCC(C)C(N)C(=O)NCc1ccnc(N2CCOCC2)c1.Cl. The van der Waals surface area contributed by atoms with E-state index in [9.17, 15) is 4.79 Å². The van der Waals surface area contributed by atoms with E-state index in [2.05, 4.69) is 15.2 Å². The first-order valence-electron chi connectivity index (χ1n) is 7.92. The van der Waals surface area contributed by atoms with Crippen molar-refractivity contribution in [3.8, 4) is 0 Å². The van der Waals surface area contributed by atoms with Crippen LogP contribution in [0, 0.1) is 5.92 Å². The number of ether oxygens (including phenoxy) is 1. The molecule has 0 saturated carbocycles. The van der Waals surface area contributed by atoms with Crippen LogP contribution in [0.1, 0.15) is 25.8 Å². The van der Waals surface area contributed by atoms with Crippen LogP contribution >= 0.6 is 12.4 Å². The van der Waals surface area contributed by atoms with Crippen molar-refractivity contribution in [3.63, 3.8) is 0 Å². The number of pyridine rings is 1. The molecule has 1 aliphatic heterocycles. The van der Waals surface area contributed by atoms with E-state index < -0.39 is 6.04 Å². The second kappa shape index (κ2) is 9.70. The second-order valence-corrected chi connectivity index (χ2v) is 5.75. The number of rotatable bonds is 6. The number of morpholine rings is 1. The molecule has 2 heterocycles. The number of anilines is 1. The van der Waals surface area contributed by atoms with E-state index in [1.54, 1.807) is 6.20 Å². The van der Waals surface area contributed by atoms with Crippen molar-refractivity contribution in [2.45, 2.75) is 32.9 Å². The van der Waals surface area contributed by atoms with E-state index in [0.29, 0.717) is 6.54 Å². The number of hydrogen-bond acceptors (Lipinski definition) is 5. The lowest BCUT2D eigenvalue weighted by atomic mass is 9.99. The van der Waals surface area contributed by atoms with Crippen molar-refractivity contribution < 1.29 is 9.53 Å². The highest BCUT2D eigenvalue weighted by molar-refractivity contribution is 5.85. The number of carbonyl (C=O) groups is 1. The van der Waals surface area contributed by atoms with Crippen molar-refractivity contribution in [3.05, 3.63) is 23.9 Å². The summed E-state index contributed by atoms with van der Waals surface area (Å²) < 4.78 is 5.35. The summed E-state index contributed by atoms with van der Waals surface area (Å²) in [5.41, 5.74) is 6.96. The first-order chi connectivity index (χ1) is 10.6. The highest BCUT2D eigenvalue weighted by atomic mass is 35.5. The van der Waals surface area contributed by atoms with Gasteiger partial charge in [0.2, 0.25) is 5.91 Å². The molecule has 2 atom stereocenters. The Morgan fingerprint density at radius 2 is 2.17 bits per heavy atom. The molecular formula is C16H27ClN4O2. The van der Waals surface area contributed by atoms with Gasteiger partial charge in [-0.25, -0.2) is 4.98 Å². The van der Waals surface area contributed by atoms with Gasteiger partial charge in [-0.15, -0.1) is 12.4 Å². The van der Waals surface area contributed by atoms with Gasteiger partial charge in [-0.1, -0.05) is 20.3 Å². The third-order valence-electron chi connectivity index (χ3n) is 4.17. The van der Waals surface area contributed by atoms with Crippen LogP contribution in [0.2, 0.25) is 0 Å². The quantitative estimate of drug-likeness (QED) is 0.815. The van der Waals surface area contributed by atoms with E-state index in [-0.39, 0.29) is 24.2 Å². The average Bonchev–Trinajstić information content (AvgIpc) is 2.59. The number of halogens is 1. The number of amides is 1. The number of nitrogens with one attached hydrogen (secondary N) is 1.